The van der Waals surface area contributed by atoms with Crippen molar-refractivity contribution in [1.82, 2.24) is 57.0 Å². The first kappa shape index (κ1) is 84.3. The maximum Gasteiger partial charge on any atom is 0.263 e. The van der Waals surface area contributed by atoms with Crippen molar-refractivity contribution in [1.29, 1.82) is 0 Å². The molecule has 4 saturated heterocycles. The second-order valence-electron chi connectivity index (χ2n) is 30.8. The van der Waals surface area contributed by atoms with Crippen molar-refractivity contribution in [2.24, 2.45) is 0 Å². The summed E-state index contributed by atoms with van der Waals surface area (Å²) in [5, 5.41) is 0.981. The quantitative estimate of drug-likeness (QED) is 0.0550. The average Bonchev–Trinajstić information content (AvgIpc) is 1.50. The first-order valence-electron chi connectivity index (χ1n) is 40.9. The molecule has 36 heteroatoms. The zero-order valence-electron chi connectivity index (χ0n) is 66.5. The molecule has 0 saturated carbocycles. The summed E-state index contributed by atoms with van der Waals surface area (Å²) < 4.78 is 151. The number of nitrogens with one attached hydrogen (secondary N) is 4. The van der Waals surface area contributed by atoms with E-state index < -0.39 is 40.1 Å². The van der Waals surface area contributed by atoms with Gasteiger partial charge in [-0.15, -0.1) is 0 Å². The third-order valence-electron chi connectivity index (χ3n) is 23.6. The number of benzene rings is 8. The molecule has 0 spiro atoms. The molecule has 636 valence electrons. The van der Waals surface area contributed by atoms with Gasteiger partial charge in [-0.3, -0.25) is 38.5 Å². The summed E-state index contributed by atoms with van der Waals surface area (Å²) in [6.45, 7) is 6.41. The Kier molecular flexibility index (Phi) is 26.3. The molecule has 20 rings (SSSR count). The van der Waals surface area contributed by atoms with E-state index in [-0.39, 0.29) is 64.3 Å². The second kappa shape index (κ2) is 38.0. The highest BCUT2D eigenvalue weighted by molar-refractivity contribution is 7.93. The number of likely N-dealkylation sites (tertiary alicyclic amines) is 4. The molecule has 0 aliphatic carbocycles. The van der Waals surface area contributed by atoms with Crippen LogP contribution >= 0.6 is 46.1 Å². The monoisotopic (exact) mass is 1800 g/mol. The fourth-order valence-electron chi connectivity index (χ4n) is 18.1. The van der Waals surface area contributed by atoms with Crippen LogP contribution in [-0.2, 0) is 40.1 Å². The molecule has 4 aromatic heterocycles. The number of anilines is 4. The van der Waals surface area contributed by atoms with Crippen LogP contribution in [0.3, 0.4) is 0 Å². The lowest BCUT2D eigenvalue weighted by Gasteiger charge is -2.43. The first-order valence-corrected chi connectivity index (χ1v) is 50.0. The van der Waals surface area contributed by atoms with Crippen molar-refractivity contribution in [3.05, 3.63) is 264 Å². The van der Waals surface area contributed by atoms with E-state index in [9.17, 15) is 33.7 Å². The van der Waals surface area contributed by atoms with Gasteiger partial charge in [0.2, 0.25) is 20.5 Å². The van der Waals surface area contributed by atoms with Crippen LogP contribution in [0.2, 0.25) is 0 Å². The Morgan fingerprint density at radius 2 is 0.500 bits per heavy atom. The lowest BCUT2D eigenvalue weighted by atomic mass is 9.90. The van der Waals surface area contributed by atoms with Gasteiger partial charge in [0.1, 0.15) is 48.3 Å². The molecule has 0 radical (unpaired) electrons. The van der Waals surface area contributed by atoms with Crippen molar-refractivity contribution >= 4 is 107 Å². The molecule has 12 heterocycles. The molecule has 4 N–H and O–H groups in total. The number of sulfonamides is 4. The highest BCUT2D eigenvalue weighted by atomic mass is 32.2. The minimum absolute atomic E-state index is 0.165. The smallest absolute Gasteiger partial charge is 0.263 e. The number of rotatable bonds is 20. The molecule has 8 atom stereocenters. The van der Waals surface area contributed by atoms with E-state index in [1.54, 1.807) is 48.5 Å². The summed E-state index contributed by atoms with van der Waals surface area (Å²) >= 11 is 4.00. The van der Waals surface area contributed by atoms with E-state index in [0.717, 1.165) is 159 Å². The summed E-state index contributed by atoms with van der Waals surface area (Å²) in [5.41, 5.74) is 9.59. The average molecular weight is 1800 g/mol. The topological polar surface area (TPSA) is 338 Å². The largest absolute Gasteiger partial charge is 0.493 e. The molecular weight excluding hydrogens is 1710 g/mol. The standard InChI is InChI=1S/2C22H24N4O3S2.2C21H22N4O3S2/c2*27-31(28,25-22-23-15-24-30-22)17-9-10-18-20(11-13-29-21(18)14-17)26-12-5-4-8-19(26)16-6-2-1-3-7-16;2*26-30(27,24-21-22-14-23-29-21)16-8-9-17-19(10-12-28-20(17)13-16)25-11-4-7-18(25)15-5-2-1-3-6-15/h2*1-3,6-7,9-10,14-15,19-20H,4-5,8,11-13H2,(H,23,24,25);2*1-3,5-6,8-9,13-14,18-19H,4,7,10-12H2,(H,22,23,24)/t19-,20+;19-,20-;18-,19+;18-,19-/m0000/s1. The minimum Gasteiger partial charge on any atom is -0.493 e. The first-order chi connectivity index (χ1) is 59.5. The van der Waals surface area contributed by atoms with Crippen LogP contribution in [0.25, 0.3) is 0 Å². The van der Waals surface area contributed by atoms with Crippen molar-refractivity contribution in [3.8, 4) is 23.0 Å². The molecule has 28 nitrogen and oxygen atoms in total. The Bertz CT molecular complexity index is 5610. The van der Waals surface area contributed by atoms with Crippen LogP contribution in [0.5, 0.6) is 23.0 Å². The molecule has 122 heavy (non-hydrogen) atoms. The number of fused-ring (bicyclic) bond motifs is 4. The van der Waals surface area contributed by atoms with Gasteiger partial charge in [-0.05, 0) is 124 Å². The molecule has 12 aromatic rings. The summed E-state index contributed by atoms with van der Waals surface area (Å²) in [4.78, 5) is 26.5. The third kappa shape index (κ3) is 19.3. The van der Waals surface area contributed by atoms with E-state index in [2.05, 4.69) is 185 Å². The van der Waals surface area contributed by atoms with Crippen molar-refractivity contribution in [2.45, 2.75) is 158 Å². The van der Waals surface area contributed by atoms with Gasteiger partial charge in [0.25, 0.3) is 40.1 Å². The van der Waals surface area contributed by atoms with Crippen LogP contribution in [0.1, 0.15) is 183 Å². The van der Waals surface area contributed by atoms with E-state index in [1.807, 2.05) is 36.4 Å². The van der Waals surface area contributed by atoms with E-state index >= 15 is 0 Å². The molecule has 4 fully saturated rings. The molecule has 8 aliphatic rings. The van der Waals surface area contributed by atoms with E-state index in [4.69, 9.17) is 18.9 Å². The minimum atomic E-state index is -3.75. The maximum atomic E-state index is 12.8. The highest BCUT2D eigenvalue weighted by Crippen LogP contribution is 2.50. The SMILES string of the molecule is O=S(=O)(Nc1ncns1)c1ccc2c(c1)OCC[C@@H]2N1CCCC[C@H]1c1ccccc1.O=S(=O)(Nc1ncns1)c1ccc2c(c1)OCC[C@@H]2N1CCC[C@H]1c1ccccc1.O=S(=O)(Nc1ncns1)c1ccc2c(c1)OCC[C@H]2N1CCCC[C@H]1c1ccccc1.O=S(=O)(Nc1ncns1)c1ccc2c(c1)OCC[C@H]2N1CCC[C@H]1c1ccccc1. The van der Waals surface area contributed by atoms with Crippen LogP contribution in [-0.4, -0.2) is 143 Å². The fraction of sp³-hybridized carbons (Fsp3) is 0.349. The van der Waals surface area contributed by atoms with Gasteiger partial charge in [-0.25, -0.2) is 53.6 Å². The lowest BCUT2D eigenvalue weighted by molar-refractivity contribution is 0.0668. The molecular formula is C86H92N16O12S8. The Balaban J connectivity index is 0.000000116. The zero-order chi connectivity index (χ0) is 83.6. The molecule has 0 bridgehead atoms. The van der Waals surface area contributed by atoms with Gasteiger partial charge in [-0.1, -0.05) is 158 Å². The van der Waals surface area contributed by atoms with Crippen LogP contribution < -0.4 is 37.8 Å². The Morgan fingerprint density at radius 1 is 0.270 bits per heavy atom. The van der Waals surface area contributed by atoms with E-state index in [0.29, 0.717) is 73.6 Å². The highest BCUT2D eigenvalue weighted by Gasteiger charge is 2.41. The van der Waals surface area contributed by atoms with Gasteiger partial charge < -0.3 is 18.9 Å². The summed E-state index contributed by atoms with van der Waals surface area (Å²) in [5.74, 6) is 2.58. The predicted molar refractivity (Wildman–Crippen MR) is 470 cm³/mol. The lowest BCUT2D eigenvalue weighted by Crippen LogP contribution is -2.38. The number of ether oxygens (including phenoxy) is 4. The predicted octanol–water partition coefficient (Wildman–Crippen LogP) is 16.8. The molecule has 0 amide bonds. The number of piperidine rings is 2. The number of hydrogen-bond acceptors (Lipinski definition) is 28. The maximum absolute atomic E-state index is 12.8. The normalized spacial score (nSPS) is 21.8. The second-order valence-corrected chi connectivity index (χ2v) is 40.6. The van der Waals surface area contributed by atoms with Crippen LogP contribution in [0.4, 0.5) is 20.5 Å². The van der Waals surface area contributed by atoms with Crippen LogP contribution in [0.15, 0.2) is 239 Å². The number of aromatic nitrogens is 8. The van der Waals surface area contributed by atoms with Gasteiger partial charge in [0.15, 0.2) is 0 Å². The van der Waals surface area contributed by atoms with Gasteiger partial charge in [0, 0.05) is 167 Å². The Morgan fingerprint density at radius 3 is 0.730 bits per heavy atom. The van der Waals surface area contributed by atoms with Gasteiger partial charge >= 0.3 is 0 Å². The molecule has 8 aromatic carbocycles. The Labute approximate surface area is 727 Å². The number of nitrogens with zero attached hydrogens (tertiary/aromatic N) is 12. The molecule has 0 unspecified atom stereocenters. The summed E-state index contributed by atoms with van der Waals surface area (Å²) in [6.07, 6.45) is 20.5. The van der Waals surface area contributed by atoms with E-state index in [1.165, 1.54) is 73.2 Å². The van der Waals surface area contributed by atoms with Crippen molar-refractivity contribution < 1.29 is 52.6 Å². The number of hydrogen-bond donors (Lipinski definition) is 4. The van der Waals surface area contributed by atoms with Crippen LogP contribution in [0, 0.1) is 0 Å². The summed E-state index contributed by atoms with van der Waals surface area (Å²) in [7, 11) is -15.0. The Hall–Kier alpha value is -9.96. The fourth-order valence-corrected chi connectivity index (χ4v) is 24.8. The molecule has 8 aliphatic heterocycles. The third-order valence-corrected chi connectivity index (χ3v) is 31.7. The van der Waals surface area contributed by atoms with Crippen molar-refractivity contribution in [3.63, 3.8) is 0 Å². The van der Waals surface area contributed by atoms with Gasteiger partial charge in [-0.2, -0.15) is 17.5 Å². The van der Waals surface area contributed by atoms with Gasteiger partial charge in [0.05, 0.1) is 46.0 Å². The van der Waals surface area contributed by atoms with Crippen molar-refractivity contribution in [2.75, 3.05) is 71.5 Å². The zero-order valence-corrected chi connectivity index (χ0v) is 73.0. The summed E-state index contributed by atoms with van der Waals surface area (Å²) in [6, 6.07) is 65.6.